The lowest BCUT2D eigenvalue weighted by atomic mass is 10.1. The molecule has 0 unspecified atom stereocenters. The van der Waals surface area contributed by atoms with Crippen molar-refractivity contribution in [2.24, 2.45) is 0 Å². The van der Waals surface area contributed by atoms with E-state index in [2.05, 4.69) is 5.32 Å². The van der Waals surface area contributed by atoms with Gasteiger partial charge >= 0.3 is 6.03 Å². The van der Waals surface area contributed by atoms with Crippen LogP contribution in [0.5, 0.6) is 17.2 Å². The van der Waals surface area contributed by atoms with Crippen LogP contribution in [-0.2, 0) is 22.7 Å². The number of imide groups is 2. The van der Waals surface area contributed by atoms with Gasteiger partial charge in [-0.15, -0.1) is 0 Å². The molecule has 1 aliphatic heterocycles. The van der Waals surface area contributed by atoms with Crippen LogP contribution in [0.2, 0.25) is 0 Å². The summed E-state index contributed by atoms with van der Waals surface area (Å²) < 4.78 is 31.2. The highest BCUT2D eigenvalue weighted by molar-refractivity contribution is 6.31. The lowest BCUT2D eigenvalue weighted by Crippen LogP contribution is -2.53. The number of benzene rings is 3. The fourth-order valence-corrected chi connectivity index (χ4v) is 3.93. The van der Waals surface area contributed by atoms with Crippen LogP contribution in [0, 0.1) is 5.82 Å². The van der Waals surface area contributed by atoms with Gasteiger partial charge in [0, 0.05) is 11.1 Å². The monoisotopic (exact) mass is 532 g/mol. The molecule has 4 amide bonds. The van der Waals surface area contributed by atoms with Gasteiger partial charge < -0.3 is 14.2 Å². The van der Waals surface area contributed by atoms with Gasteiger partial charge in [-0.25, -0.2) is 9.18 Å². The third kappa shape index (κ3) is 6.62. The van der Waals surface area contributed by atoms with Gasteiger partial charge in [-0.1, -0.05) is 49.4 Å². The maximum Gasteiger partial charge on any atom is 0.331 e. The molecule has 8 nitrogen and oxygen atoms in total. The molecule has 0 saturated carbocycles. The summed E-state index contributed by atoms with van der Waals surface area (Å²) in [7, 11) is 0. The first-order valence-corrected chi connectivity index (χ1v) is 12.6. The number of barbiturate groups is 1. The maximum absolute atomic E-state index is 14.0. The highest BCUT2D eigenvalue weighted by atomic mass is 19.1. The average Bonchev–Trinajstić information content (AvgIpc) is 2.93. The first kappa shape index (κ1) is 27.4. The molecule has 9 heteroatoms. The lowest BCUT2D eigenvalue weighted by Gasteiger charge is -2.27. The summed E-state index contributed by atoms with van der Waals surface area (Å²) in [6.07, 6.45) is 2.19. The van der Waals surface area contributed by atoms with E-state index < -0.39 is 23.7 Å². The number of amides is 4. The summed E-state index contributed by atoms with van der Waals surface area (Å²) in [5, 5.41) is 2.23. The molecule has 1 N–H and O–H groups in total. The quantitative estimate of drug-likeness (QED) is 0.268. The van der Waals surface area contributed by atoms with Crippen molar-refractivity contribution >= 4 is 23.9 Å². The van der Waals surface area contributed by atoms with Crippen molar-refractivity contribution in [1.82, 2.24) is 10.2 Å². The number of ether oxygens (including phenoxy) is 3. The Kier molecular flexibility index (Phi) is 8.94. The highest BCUT2D eigenvalue weighted by Crippen LogP contribution is 2.30. The Morgan fingerprint density at radius 2 is 1.64 bits per heavy atom. The fraction of sp³-hybridized carbons (Fsp3) is 0.233. The van der Waals surface area contributed by atoms with Crippen molar-refractivity contribution in [3.63, 3.8) is 0 Å². The summed E-state index contributed by atoms with van der Waals surface area (Å²) >= 11 is 0. The topological polar surface area (TPSA) is 94.2 Å². The van der Waals surface area contributed by atoms with Gasteiger partial charge in [-0.05, 0) is 49.2 Å². The summed E-state index contributed by atoms with van der Waals surface area (Å²) in [5.74, 6) is -0.552. The van der Waals surface area contributed by atoms with Crippen molar-refractivity contribution in [1.29, 1.82) is 0 Å². The SMILES string of the molecule is CCCOc1ccc(CN2C(=O)NC(=O)/C(=C\c3ccccc3OCc3ccccc3F)C2=O)cc1OCC. The molecule has 3 aromatic carbocycles. The lowest BCUT2D eigenvalue weighted by molar-refractivity contribution is -0.130. The first-order chi connectivity index (χ1) is 18.9. The normalized spacial score (nSPS) is 14.4. The summed E-state index contributed by atoms with van der Waals surface area (Å²) in [4.78, 5) is 39.6. The van der Waals surface area contributed by atoms with Crippen LogP contribution in [0.25, 0.3) is 6.08 Å². The van der Waals surface area contributed by atoms with Crippen molar-refractivity contribution in [2.45, 2.75) is 33.4 Å². The van der Waals surface area contributed by atoms with E-state index in [0.717, 1.165) is 11.3 Å². The van der Waals surface area contributed by atoms with E-state index in [1.54, 1.807) is 60.7 Å². The predicted molar refractivity (Wildman–Crippen MR) is 143 cm³/mol. The molecule has 1 fully saturated rings. The molecule has 1 heterocycles. The van der Waals surface area contributed by atoms with E-state index in [9.17, 15) is 18.8 Å². The Morgan fingerprint density at radius 3 is 2.41 bits per heavy atom. The molecule has 0 aliphatic carbocycles. The third-order valence-electron chi connectivity index (χ3n) is 5.86. The van der Waals surface area contributed by atoms with Crippen molar-refractivity contribution in [3.8, 4) is 17.2 Å². The van der Waals surface area contributed by atoms with Gasteiger partial charge in [-0.3, -0.25) is 19.8 Å². The zero-order valence-corrected chi connectivity index (χ0v) is 21.7. The molecular weight excluding hydrogens is 503 g/mol. The van der Waals surface area contributed by atoms with Crippen molar-refractivity contribution in [3.05, 3.63) is 94.8 Å². The highest BCUT2D eigenvalue weighted by Gasteiger charge is 2.36. The fourth-order valence-electron chi connectivity index (χ4n) is 3.93. The second-order valence-electron chi connectivity index (χ2n) is 8.69. The van der Waals surface area contributed by atoms with Crippen LogP contribution in [0.3, 0.4) is 0 Å². The zero-order valence-electron chi connectivity index (χ0n) is 21.7. The number of urea groups is 1. The van der Waals surface area contributed by atoms with Crippen LogP contribution in [-0.4, -0.2) is 36.0 Å². The molecule has 0 atom stereocenters. The Hall–Kier alpha value is -4.66. The van der Waals surface area contributed by atoms with Gasteiger partial charge in [-0.2, -0.15) is 0 Å². The van der Waals surface area contributed by atoms with E-state index in [-0.39, 0.29) is 18.7 Å². The van der Waals surface area contributed by atoms with Crippen LogP contribution in [0.1, 0.15) is 37.0 Å². The van der Waals surface area contributed by atoms with Crippen LogP contribution in [0.4, 0.5) is 9.18 Å². The van der Waals surface area contributed by atoms with Crippen LogP contribution >= 0.6 is 0 Å². The van der Waals surface area contributed by atoms with E-state index in [1.807, 2.05) is 13.8 Å². The molecule has 0 aromatic heterocycles. The molecule has 202 valence electrons. The summed E-state index contributed by atoms with van der Waals surface area (Å²) in [6, 6.07) is 17.3. The molecule has 0 radical (unpaired) electrons. The molecule has 4 rings (SSSR count). The molecule has 0 bridgehead atoms. The number of carbonyl (C=O) groups excluding carboxylic acids is 3. The van der Waals surface area contributed by atoms with Gasteiger partial charge in [0.05, 0.1) is 19.8 Å². The molecular formula is C30H29FN2O6. The minimum Gasteiger partial charge on any atom is -0.490 e. The molecule has 1 saturated heterocycles. The standard InChI is InChI=1S/C30H29FN2O6/c1-3-15-38-26-14-13-20(16-27(26)37-4-2)18-33-29(35)23(28(34)32-30(33)36)17-21-9-6-8-12-25(21)39-19-22-10-5-7-11-24(22)31/h5-14,16-17H,3-4,15,18-19H2,1-2H3,(H,32,34,36)/b23-17+. The third-order valence-corrected chi connectivity index (χ3v) is 5.86. The van der Waals surface area contributed by atoms with Gasteiger partial charge in [0.15, 0.2) is 11.5 Å². The number of nitrogens with one attached hydrogen (secondary N) is 1. The van der Waals surface area contributed by atoms with Crippen LogP contribution < -0.4 is 19.5 Å². The summed E-state index contributed by atoms with van der Waals surface area (Å²) in [6.45, 7) is 4.64. The van der Waals surface area contributed by atoms with E-state index >= 15 is 0 Å². The smallest absolute Gasteiger partial charge is 0.331 e. The van der Waals surface area contributed by atoms with Crippen molar-refractivity contribution < 1.29 is 33.0 Å². The van der Waals surface area contributed by atoms with E-state index in [1.165, 1.54) is 12.1 Å². The van der Waals surface area contributed by atoms with Gasteiger partial charge in [0.1, 0.15) is 23.7 Å². The first-order valence-electron chi connectivity index (χ1n) is 12.6. The average molecular weight is 533 g/mol. The maximum atomic E-state index is 14.0. The Balaban J connectivity index is 1.57. The molecule has 0 spiro atoms. The van der Waals surface area contributed by atoms with E-state index in [0.29, 0.717) is 47.2 Å². The van der Waals surface area contributed by atoms with Crippen molar-refractivity contribution in [2.75, 3.05) is 13.2 Å². The summed E-state index contributed by atoms with van der Waals surface area (Å²) in [5.41, 5.74) is 1.18. The number of rotatable bonds is 11. The van der Waals surface area contributed by atoms with Gasteiger partial charge in [0.2, 0.25) is 0 Å². The number of hydrogen-bond donors (Lipinski definition) is 1. The minimum absolute atomic E-state index is 0.0439. The number of hydrogen-bond acceptors (Lipinski definition) is 6. The van der Waals surface area contributed by atoms with E-state index in [4.69, 9.17) is 14.2 Å². The molecule has 1 aliphatic rings. The van der Waals surface area contributed by atoms with Crippen LogP contribution in [0.15, 0.2) is 72.3 Å². The number of nitrogens with zero attached hydrogens (tertiary/aromatic N) is 1. The zero-order chi connectivity index (χ0) is 27.8. The number of para-hydroxylation sites is 1. The largest absolute Gasteiger partial charge is 0.490 e. The van der Waals surface area contributed by atoms with Gasteiger partial charge in [0.25, 0.3) is 11.8 Å². The number of halogens is 1. The molecule has 39 heavy (non-hydrogen) atoms. The second-order valence-corrected chi connectivity index (χ2v) is 8.69. The Labute approximate surface area is 226 Å². The molecule has 3 aromatic rings. The minimum atomic E-state index is -0.824. The Morgan fingerprint density at radius 1 is 0.872 bits per heavy atom. The number of carbonyl (C=O) groups is 3. The predicted octanol–water partition coefficient (Wildman–Crippen LogP) is 5.25. The second kappa shape index (κ2) is 12.7. The Bertz CT molecular complexity index is 1400.